The van der Waals surface area contributed by atoms with Gasteiger partial charge in [-0.05, 0) is 98.7 Å². The highest BCUT2D eigenvalue weighted by Gasteiger charge is 2.65. The van der Waals surface area contributed by atoms with Crippen molar-refractivity contribution in [1.82, 2.24) is 0 Å². The number of ketones is 1. The maximum atomic E-state index is 13.4. The molecule has 0 unspecified atom stereocenters. The van der Waals surface area contributed by atoms with Crippen LogP contribution in [-0.4, -0.2) is 41.0 Å². The van der Waals surface area contributed by atoms with Crippen LogP contribution in [-0.2, 0) is 9.53 Å². The van der Waals surface area contributed by atoms with E-state index in [1.807, 2.05) is 0 Å². The van der Waals surface area contributed by atoms with Gasteiger partial charge in [0.05, 0.1) is 17.9 Å². The quantitative estimate of drug-likeness (QED) is 0.563. The first-order chi connectivity index (χ1) is 15.6. The molecule has 1 spiro atoms. The predicted molar refractivity (Wildman–Crippen MR) is 130 cm³/mol. The highest BCUT2D eigenvalue weighted by Crippen LogP contribution is 2.68. The van der Waals surface area contributed by atoms with Crippen LogP contribution >= 0.6 is 0 Å². The Morgan fingerprint density at radius 2 is 1.76 bits per heavy atom. The van der Waals surface area contributed by atoms with Gasteiger partial charge in [0, 0.05) is 24.8 Å². The molecule has 4 saturated carbocycles. The molecule has 4 heteroatoms. The van der Waals surface area contributed by atoms with E-state index in [-0.39, 0.29) is 23.0 Å². The summed E-state index contributed by atoms with van der Waals surface area (Å²) in [5, 5.41) is 10.3. The minimum Gasteiger partial charge on any atom is -0.393 e. The van der Waals surface area contributed by atoms with Crippen LogP contribution in [0.25, 0.3) is 0 Å². The van der Waals surface area contributed by atoms with E-state index in [9.17, 15) is 9.90 Å². The molecule has 6 rings (SSSR count). The number of rotatable bonds is 2. The van der Waals surface area contributed by atoms with E-state index in [0.717, 1.165) is 32.2 Å². The van der Waals surface area contributed by atoms with Crippen molar-refractivity contribution in [2.45, 2.75) is 110 Å². The maximum Gasteiger partial charge on any atom is 0.136 e. The Kier molecular flexibility index (Phi) is 5.08. The molecule has 0 aromatic heterocycles. The number of fused-ring (bicyclic) bond motifs is 5. The van der Waals surface area contributed by atoms with E-state index in [2.05, 4.69) is 34.6 Å². The SMILES string of the molecule is C[C@@H]1CN=C([C@H](C)[C@H]2CC[C@H]3[C@@H]4CC(=O)[C@H]5C[C@@H](O)CC[C@]5(C)[C@H]4CC[C@]23C)[C@@]2(C1)O[C@@H]2C. The molecular weight excluding hydrogens is 410 g/mol. The zero-order valence-electron chi connectivity index (χ0n) is 21.5. The number of hydrogen-bond donors (Lipinski definition) is 1. The normalized spacial score (nSPS) is 56.5. The van der Waals surface area contributed by atoms with Gasteiger partial charge in [0.25, 0.3) is 0 Å². The van der Waals surface area contributed by atoms with Crippen LogP contribution in [0, 0.1) is 52.3 Å². The summed E-state index contributed by atoms with van der Waals surface area (Å²) in [6.07, 6.45) is 9.66. The fourth-order valence-electron chi connectivity index (χ4n) is 10.4. The van der Waals surface area contributed by atoms with Crippen molar-refractivity contribution in [1.29, 1.82) is 0 Å². The van der Waals surface area contributed by atoms with E-state index in [1.165, 1.54) is 31.4 Å². The summed E-state index contributed by atoms with van der Waals surface area (Å²) in [5.74, 6) is 4.16. The minimum atomic E-state index is -0.271. The lowest BCUT2D eigenvalue weighted by molar-refractivity contribution is -0.159. The molecule has 4 nitrogen and oxygen atoms in total. The molecule has 1 N–H and O–H groups in total. The number of hydrogen-bond acceptors (Lipinski definition) is 4. The maximum absolute atomic E-state index is 13.4. The Bertz CT molecular complexity index is 869. The molecule has 1 saturated heterocycles. The van der Waals surface area contributed by atoms with Crippen molar-refractivity contribution >= 4 is 11.5 Å². The molecule has 0 aromatic rings. The van der Waals surface area contributed by atoms with Crippen molar-refractivity contribution in [3.05, 3.63) is 0 Å². The lowest BCUT2D eigenvalue weighted by Gasteiger charge is -2.60. The van der Waals surface area contributed by atoms with Crippen molar-refractivity contribution in [3.63, 3.8) is 0 Å². The van der Waals surface area contributed by atoms with Gasteiger partial charge >= 0.3 is 0 Å². The van der Waals surface area contributed by atoms with Gasteiger partial charge in [-0.15, -0.1) is 0 Å². The van der Waals surface area contributed by atoms with Gasteiger partial charge in [-0.2, -0.15) is 0 Å². The highest BCUT2D eigenvalue weighted by molar-refractivity contribution is 5.98. The average molecular weight is 456 g/mol. The third kappa shape index (κ3) is 3.08. The number of epoxide rings is 1. The monoisotopic (exact) mass is 455 g/mol. The topological polar surface area (TPSA) is 62.2 Å². The second-order valence-corrected chi connectivity index (χ2v) is 13.7. The molecule has 2 heterocycles. The predicted octanol–water partition coefficient (Wildman–Crippen LogP) is 5.46. The largest absolute Gasteiger partial charge is 0.393 e. The molecule has 2 aliphatic heterocycles. The molecule has 6 aliphatic rings. The molecule has 5 fully saturated rings. The molecule has 0 radical (unpaired) electrons. The van der Waals surface area contributed by atoms with E-state index in [0.29, 0.717) is 59.2 Å². The third-order valence-corrected chi connectivity index (χ3v) is 12.2. The summed E-state index contributed by atoms with van der Waals surface area (Å²) in [6.45, 7) is 12.9. The third-order valence-electron chi connectivity index (χ3n) is 12.2. The lowest BCUT2D eigenvalue weighted by atomic mass is 9.44. The Hall–Kier alpha value is -0.740. The number of aliphatic imine (C=N–C) groups is 1. The number of Topliss-reactive ketones (excluding diaryl/α,β-unsaturated/α-hetero) is 1. The molecule has 0 bridgehead atoms. The van der Waals surface area contributed by atoms with Crippen LogP contribution < -0.4 is 0 Å². The Morgan fingerprint density at radius 3 is 2.48 bits per heavy atom. The number of carbonyl (C=O) groups excluding carboxylic acids is 1. The van der Waals surface area contributed by atoms with Crippen LogP contribution in [0.4, 0.5) is 0 Å². The number of nitrogens with zero attached hydrogens (tertiary/aromatic N) is 1. The number of aliphatic hydroxyl groups excluding tert-OH is 1. The second-order valence-electron chi connectivity index (χ2n) is 13.7. The van der Waals surface area contributed by atoms with Crippen LogP contribution in [0.2, 0.25) is 0 Å². The standard InChI is InChI=1S/C29H45NO3/c1-16-14-29(18(3)33-29)26(30-15-16)17(2)21-6-7-22-20-13-25(32)24-12-19(31)8-10-28(24,5)23(20)9-11-27(21,22)4/h16-24,31H,6-15H2,1-5H3/t16-,17+,18+,19-,20-,21+,22-,23-,24+,27+,28+,29-/m0/s1. The van der Waals surface area contributed by atoms with Gasteiger partial charge in [-0.1, -0.05) is 27.7 Å². The van der Waals surface area contributed by atoms with Crippen molar-refractivity contribution in [2.75, 3.05) is 6.54 Å². The van der Waals surface area contributed by atoms with Crippen LogP contribution in [0.3, 0.4) is 0 Å². The van der Waals surface area contributed by atoms with Crippen molar-refractivity contribution in [3.8, 4) is 0 Å². The fraction of sp³-hybridized carbons (Fsp3) is 0.931. The molecule has 0 aromatic carbocycles. The van der Waals surface area contributed by atoms with Crippen LogP contribution in [0.5, 0.6) is 0 Å². The summed E-state index contributed by atoms with van der Waals surface area (Å²) in [6, 6.07) is 0. The molecule has 12 atom stereocenters. The molecular formula is C29H45NO3. The summed E-state index contributed by atoms with van der Waals surface area (Å²) in [7, 11) is 0. The first kappa shape index (κ1) is 22.7. The Morgan fingerprint density at radius 1 is 1.06 bits per heavy atom. The number of ether oxygens (including phenoxy) is 1. The molecule has 0 amide bonds. The molecule has 33 heavy (non-hydrogen) atoms. The van der Waals surface area contributed by atoms with Crippen LogP contribution in [0.1, 0.15) is 92.4 Å². The first-order valence-corrected chi connectivity index (χ1v) is 14.0. The van der Waals surface area contributed by atoms with Gasteiger partial charge in [0.2, 0.25) is 0 Å². The Labute approximate surface area is 200 Å². The van der Waals surface area contributed by atoms with Crippen molar-refractivity contribution < 1.29 is 14.6 Å². The first-order valence-electron chi connectivity index (χ1n) is 14.0. The second kappa shape index (κ2) is 7.38. The summed E-state index contributed by atoms with van der Waals surface area (Å²) in [5.41, 5.74) is 1.71. The van der Waals surface area contributed by atoms with Crippen LogP contribution in [0.15, 0.2) is 4.99 Å². The summed E-state index contributed by atoms with van der Waals surface area (Å²) < 4.78 is 6.26. The number of aliphatic hydroxyl groups is 1. The van der Waals surface area contributed by atoms with Gasteiger partial charge in [-0.3, -0.25) is 9.79 Å². The van der Waals surface area contributed by atoms with Crippen molar-refractivity contribution in [2.24, 2.45) is 57.2 Å². The Balaban J connectivity index is 1.27. The van der Waals surface area contributed by atoms with E-state index < -0.39 is 0 Å². The van der Waals surface area contributed by atoms with Gasteiger partial charge in [0.15, 0.2) is 0 Å². The van der Waals surface area contributed by atoms with Gasteiger partial charge < -0.3 is 9.84 Å². The highest BCUT2D eigenvalue weighted by atomic mass is 16.6. The molecule has 4 aliphatic carbocycles. The fourth-order valence-corrected chi connectivity index (χ4v) is 10.4. The smallest absolute Gasteiger partial charge is 0.136 e. The van der Waals surface area contributed by atoms with E-state index in [4.69, 9.17) is 9.73 Å². The minimum absolute atomic E-state index is 0.0762. The van der Waals surface area contributed by atoms with Gasteiger partial charge in [-0.25, -0.2) is 0 Å². The molecule has 184 valence electrons. The average Bonchev–Trinajstić information content (AvgIpc) is 3.22. The summed E-state index contributed by atoms with van der Waals surface area (Å²) in [4.78, 5) is 18.6. The van der Waals surface area contributed by atoms with E-state index in [1.54, 1.807) is 0 Å². The summed E-state index contributed by atoms with van der Waals surface area (Å²) >= 11 is 0. The zero-order valence-corrected chi connectivity index (χ0v) is 21.5. The lowest BCUT2D eigenvalue weighted by Crippen LogP contribution is -2.57. The zero-order chi connectivity index (χ0) is 23.3. The number of carbonyl (C=O) groups is 1. The van der Waals surface area contributed by atoms with Gasteiger partial charge in [0.1, 0.15) is 11.4 Å². The van der Waals surface area contributed by atoms with E-state index >= 15 is 0 Å².